The third kappa shape index (κ3) is 10.3. The summed E-state index contributed by atoms with van der Waals surface area (Å²) >= 11 is 5.72. The number of halogens is 9. The van der Waals surface area contributed by atoms with Crippen LogP contribution in [0.5, 0.6) is 11.5 Å². The van der Waals surface area contributed by atoms with Crippen LogP contribution in [0.4, 0.5) is 64.1 Å². The molecule has 3 N–H and O–H groups in total. The molecule has 0 bridgehead atoms. The number of fused-ring (bicyclic) bond motifs is 2. The molecule has 0 saturated carbocycles. The number of hydrogen-bond acceptors (Lipinski definition) is 12. The topological polar surface area (TPSA) is 150 Å². The van der Waals surface area contributed by atoms with Crippen molar-refractivity contribution in [3.05, 3.63) is 172 Å². The van der Waals surface area contributed by atoms with Crippen LogP contribution in [0.15, 0.2) is 98.1 Å². The van der Waals surface area contributed by atoms with Crippen LogP contribution in [0, 0.1) is 60.4 Å². The second kappa shape index (κ2) is 19.7. The van der Waals surface area contributed by atoms with E-state index in [0.29, 0.717) is 58.0 Å². The standard InChI is InChI=1S/C23H18F4N6O.C13H9ClF3N3O.C10H10FN3/c1-12-9-33(11-29-12)19-4-3-13(5-18(19)27)30-23-28-8-21-22(31-23)32(2)20(10-34-21)14-6-16(25)17(26)7-15(14)24;1-20-10(6-2-8(16)9(17)3-7(6)15)5-21-11-4-18-13(14)19-12(11)20;1-7-5-14(6-13-7)10-3-2-8(12)4-9(10)11/h3-9,11,20H,10H2,1-2H3,(H,28,30,31);2-4,10H,5H2,1H3;2-6H,12H2,1H3. The molecule has 4 aromatic carbocycles. The molecule has 69 heavy (non-hydrogen) atoms. The molecular weight excluding hydrogens is 940 g/mol. The van der Waals surface area contributed by atoms with Crippen molar-refractivity contribution in [1.29, 1.82) is 0 Å². The van der Waals surface area contributed by atoms with Crippen molar-refractivity contribution in [2.75, 3.05) is 48.2 Å². The zero-order valence-corrected chi connectivity index (χ0v) is 37.3. The van der Waals surface area contributed by atoms with E-state index in [1.165, 1.54) is 30.9 Å². The second-order valence-electron chi connectivity index (χ2n) is 15.5. The summed E-state index contributed by atoms with van der Waals surface area (Å²) in [5.41, 5.74) is 8.59. The number of nitrogens with one attached hydrogen (secondary N) is 1. The third-order valence-electron chi connectivity index (χ3n) is 10.8. The fraction of sp³-hybridized carbons (Fsp3) is 0.174. The molecule has 0 saturated heterocycles. The van der Waals surface area contributed by atoms with Crippen LogP contribution < -0.4 is 30.3 Å². The Morgan fingerprint density at radius 2 is 1.06 bits per heavy atom. The molecule has 0 spiro atoms. The fourth-order valence-corrected chi connectivity index (χ4v) is 7.40. The smallest absolute Gasteiger partial charge is 0.229 e. The first-order chi connectivity index (χ1) is 32.9. The van der Waals surface area contributed by atoms with Gasteiger partial charge in [-0.2, -0.15) is 9.97 Å². The average Bonchev–Trinajstić information content (AvgIpc) is 3.95. The summed E-state index contributed by atoms with van der Waals surface area (Å²) in [5.74, 6) is -5.80. The van der Waals surface area contributed by atoms with Crippen LogP contribution in [-0.2, 0) is 0 Å². The number of nitrogens with two attached hydrogens (primary N) is 1. The lowest BCUT2D eigenvalue weighted by Crippen LogP contribution is -2.35. The Kier molecular flexibility index (Phi) is 13.5. The minimum absolute atomic E-state index is 0.00982. The van der Waals surface area contributed by atoms with Gasteiger partial charge in [0, 0.05) is 61.1 Å². The van der Waals surface area contributed by atoms with Crippen molar-refractivity contribution in [2.45, 2.75) is 25.9 Å². The highest BCUT2D eigenvalue weighted by atomic mass is 35.5. The summed E-state index contributed by atoms with van der Waals surface area (Å²) in [7, 11) is 3.27. The molecular formula is C46H37ClF8N12O2. The van der Waals surface area contributed by atoms with E-state index in [1.807, 2.05) is 13.8 Å². The number of likely N-dealkylation sites (N-methyl/N-ethyl adjacent to an activating group) is 2. The Labute approximate surface area is 392 Å². The van der Waals surface area contributed by atoms with Crippen LogP contribution in [0.1, 0.15) is 34.6 Å². The van der Waals surface area contributed by atoms with Crippen LogP contribution in [0.3, 0.4) is 0 Å². The van der Waals surface area contributed by atoms with Crippen LogP contribution in [0.25, 0.3) is 11.4 Å². The van der Waals surface area contributed by atoms with Crippen molar-refractivity contribution in [3.63, 3.8) is 0 Å². The SMILES string of the molecule is CN1c2nc(Cl)ncc2OCC1c1cc(F)c(F)cc1F.Cc1cn(-c2ccc(N)cc2F)cn1.Cc1cn(-c2ccc(Nc3ncc4c(n3)N(C)C(c3cc(F)c(F)cc3F)CO4)cc2F)cn1. The maximum absolute atomic E-state index is 14.7. The summed E-state index contributed by atoms with van der Waals surface area (Å²) in [6, 6.07) is 10.4. The molecule has 8 aromatic rings. The van der Waals surface area contributed by atoms with E-state index in [2.05, 4.69) is 35.2 Å². The molecule has 0 fully saturated rings. The Balaban J connectivity index is 0.000000155. The summed E-state index contributed by atoms with van der Waals surface area (Å²) in [5, 5.41) is 2.94. The number of hydrogen-bond donors (Lipinski definition) is 2. The lowest BCUT2D eigenvalue weighted by molar-refractivity contribution is 0.261. The molecule has 2 unspecified atom stereocenters. The highest BCUT2D eigenvalue weighted by Gasteiger charge is 2.32. The molecule has 4 aromatic heterocycles. The lowest BCUT2D eigenvalue weighted by Gasteiger charge is -2.35. The molecule has 0 radical (unpaired) electrons. The van der Waals surface area contributed by atoms with Crippen molar-refractivity contribution in [2.24, 2.45) is 0 Å². The minimum Gasteiger partial charge on any atom is -0.486 e. The molecule has 10 rings (SSSR count). The first-order valence-corrected chi connectivity index (χ1v) is 20.8. The van der Waals surface area contributed by atoms with Crippen molar-refractivity contribution in [3.8, 4) is 22.9 Å². The van der Waals surface area contributed by atoms with Gasteiger partial charge in [-0.25, -0.2) is 55.1 Å². The minimum atomic E-state index is -1.27. The van der Waals surface area contributed by atoms with Gasteiger partial charge in [0.25, 0.3) is 0 Å². The number of imidazole rings is 2. The number of benzene rings is 4. The van der Waals surface area contributed by atoms with Crippen LogP contribution >= 0.6 is 11.6 Å². The van der Waals surface area contributed by atoms with Crippen molar-refractivity contribution in [1.82, 2.24) is 39.0 Å². The van der Waals surface area contributed by atoms with Crippen molar-refractivity contribution < 1.29 is 44.6 Å². The van der Waals surface area contributed by atoms with E-state index >= 15 is 0 Å². The molecule has 23 heteroatoms. The van der Waals surface area contributed by atoms with Gasteiger partial charge in [0.05, 0.1) is 59.9 Å². The van der Waals surface area contributed by atoms with Crippen LogP contribution in [0.2, 0.25) is 5.28 Å². The average molecular weight is 977 g/mol. The summed E-state index contributed by atoms with van der Waals surface area (Å²) in [4.78, 5) is 27.7. The summed E-state index contributed by atoms with van der Waals surface area (Å²) in [6.07, 6.45) is 9.39. The molecule has 2 atom stereocenters. The highest BCUT2D eigenvalue weighted by molar-refractivity contribution is 6.28. The second-order valence-corrected chi connectivity index (χ2v) is 15.8. The van der Waals surface area contributed by atoms with E-state index in [1.54, 1.807) is 76.0 Å². The van der Waals surface area contributed by atoms with Gasteiger partial charge in [0.2, 0.25) is 11.2 Å². The summed E-state index contributed by atoms with van der Waals surface area (Å²) in [6.45, 7) is 3.70. The molecule has 14 nitrogen and oxygen atoms in total. The lowest BCUT2D eigenvalue weighted by atomic mass is 10.0. The van der Waals surface area contributed by atoms with Gasteiger partial charge >= 0.3 is 0 Å². The molecule has 6 heterocycles. The monoisotopic (exact) mass is 976 g/mol. The zero-order chi connectivity index (χ0) is 49.3. The Morgan fingerprint density at radius 3 is 1.55 bits per heavy atom. The van der Waals surface area contributed by atoms with Gasteiger partial charge in [-0.1, -0.05) is 0 Å². The number of rotatable bonds is 6. The predicted octanol–water partition coefficient (Wildman–Crippen LogP) is 9.86. The maximum atomic E-state index is 14.7. The number of nitrogen functional groups attached to an aromatic ring is 1. The van der Waals surface area contributed by atoms with E-state index in [0.717, 1.165) is 23.5 Å². The van der Waals surface area contributed by atoms with E-state index in [-0.39, 0.29) is 41.4 Å². The first-order valence-electron chi connectivity index (χ1n) is 20.5. The van der Waals surface area contributed by atoms with Gasteiger partial charge < -0.3 is 39.5 Å². The Bertz CT molecular complexity index is 3190. The van der Waals surface area contributed by atoms with Crippen molar-refractivity contribution >= 4 is 40.6 Å². The van der Waals surface area contributed by atoms with E-state index in [4.69, 9.17) is 26.8 Å². The number of nitrogens with zero attached hydrogens (tertiary/aromatic N) is 10. The maximum Gasteiger partial charge on any atom is 0.229 e. The normalized spacial score (nSPS) is 14.9. The molecule has 356 valence electrons. The molecule has 2 aliphatic rings. The van der Waals surface area contributed by atoms with E-state index in [9.17, 15) is 35.1 Å². The number of aromatic nitrogens is 8. The van der Waals surface area contributed by atoms with Gasteiger partial charge in [-0.3, -0.25) is 0 Å². The van der Waals surface area contributed by atoms with Gasteiger partial charge in [0.1, 0.15) is 36.5 Å². The Morgan fingerprint density at radius 1 is 0.580 bits per heavy atom. The van der Waals surface area contributed by atoms with Gasteiger partial charge in [0.15, 0.2) is 46.4 Å². The summed E-state index contributed by atoms with van der Waals surface area (Å²) < 4.78 is 124. The number of anilines is 5. The number of aryl methyl sites for hydroxylation is 2. The third-order valence-corrected chi connectivity index (χ3v) is 11.0. The zero-order valence-electron chi connectivity index (χ0n) is 36.6. The van der Waals surface area contributed by atoms with Gasteiger partial charge in [-0.05, 0) is 74.0 Å². The molecule has 0 aliphatic carbocycles. The largest absolute Gasteiger partial charge is 0.486 e. The Hall–Kier alpha value is -8.01. The quantitative estimate of drug-likeness (QED) is 0.0707. The predicted molar refractivity (Wildman–Crippen MR) is 239 cm³/mol. The van der Waals surface area contributed by atoms with Gasteiger partial charge in [-0.15, -0.1) is 0 Å². The fourth-order valence-electron chi connectivity index (χ4n) is 7.27. The number of ether oxygens (including phenoxy) is 2. The highest BCUT2D eigenvalue weighted by Crippen LogP contribution is 2.40. The van der Waals surface area contributed by atoms with E-state index < -0.39 is 52.8 Å². The molecule has 2 aliphatic heterocycles. The first kappa shape index (κ1) is 47.5. The molecule has 0 amide bonds. The van der Waals surface area contributed by atoms with Crippen LogP contribution in [-0.4, -0.2) is 66.3 Å².